The van der Waals surface area contributed by atoms with Crippen molar-refractivity contribution in [1.82, 2.24) is 4.90 Å². The summed E-state index contributed by atoms with van der Waals surface area (Å²) in [4.78, 5) is 14.0. The van der Waals surface area contributed by atoms with Crippen molar-refractivity contribution in [1.29, 1.82) is 0 Å². The molecule has 22 heavy (non-hydrogen) atoms. The summed E-state index contributed by atoms with van der Waals surface area (Å²) in [5.41, 5.74) is 0.0360. The van der Waals surface area contributed by atoms with E-state index >= 15 is 0 Å². The molecule has 1 atom stereocenters. The summed E-state index contributed by atoms with van der Waals surface area (Å²) in [6, 6.07) is 5.49. The number of nitrogens with zero attached hydrogens (tertiary/aromatic N) is 1. The Kier molecular flexibility index (Phi) is 4.33. The predicted octanol–water partition coefficient (Wildman–Crippen LogP) is 3.32. The second kappa shape index (κ2) is 6.09. The molecule has 1 saturated heterocycles. The maximum atomic E-state index is 11.8. The van der Waals surface area contributed by atoms with E-state index < -0.39 is 11.4 Å². The second-order valence-electron chi connectivity index (χ2n) is 6.53. The zero-order chi connectivity index (χ0) is 15.7. The molecule has 0 spiro atoms. The molecule has 2 fully saturated rings. The van der Waals surface area contributed by atoms with E-state index in [0.717, 1.165) is 37.9 Å². The van der Waals surface area contributed by atoms with Crippen molar-refractivity contribution in [3.05, 3.63) is 28.8 Å². The van der Waals surface area contributed by atoms with Crippen LogP contribution >= 0.6 is 11.6 Å². The molecule has 0 amide bonds. The summed E-state index contributed by atoms with van der Waals surface area (Å²) in [6.45, 7) is 1.93. The lowest BCUT2D eigenvalue weighted by molar-refractivity contribution is -0.143. The fourth-order valence-corrected chi connectivity index (χ4v) is 3.89. The van der Waals surface area contributed by atoms with Gasteiger partial charge in [0.05, 0.1) is 10.4 Å². The lowest BCUT2D eigenvalue weighted by Gasteiger charge is -2.25. The number of likely N-dealkylation sites (tertiary alicyclic amines) is 1. The van der Waals surface area contributed by atoms with Crippen molar-refractivity contribution in [2.75, 3.05) is 20.1 Å². The van der Waals surface area contributed by atoms with Gasteiger partial charge in [0.1, 0.15) is 11.9 Å². The molecule has 1 aliphatic heterocycles. The second-order valence-corrected chi connectivity index (χ2v) is 6.94. The predicted molar refractivity (Wildman–Crippen MR) is 85.8 cm³/mol. The molecule has 1 aromatic rings. The summed E-state index contributed by atoms with van der Waals surface area (Å²) in [5.74, 6) is -0.0867. The Morgan fingerprint density at radius 2 is 2.14 bits per heavy atom. The van der Waals surface area contributed by atoms with Crippen LogP contribution in [-0.2, 0) is 10.2 Å². The number of hydrogen-bond acceptors (Lipinski definition) is 3. The highest BCUT2D eigenvalue weighted by Gasteiger charge is 2.43. The van der Waals surface area contributed by atoms with Crippen LogP contribution in [0.4, 0.5) is 0 Å². The number of carboxylic acids is 1. The van der Waals surface area contributed by atoms with Gasteiger partial charge in [-0.2, -0.15) is 0 Å². The number of benzene rings is 1. The van der Waals surface area contributed by atoms with Gasteiger partial charge in [-0.05, 0) is 44.0 Å². The van der Waals surface area contributed by atoms with Crippen LogP contribution in [0.15, 0.2) is 18.2 Å². The monoisotopic (exact) mass is 323 g/mol. The van der Waals surface area contributed by atoms with E-state index in [2.05, 4.69) is 11.9 Å². The summed E-state index contributed by atoms with van der Waals surface area (Å²) in [5, 5.41) is 10.2. The molecule has 3 rings (SSSR count). The van der Waals surface area contributed by atoms with Crippen molar-refractivity contribution in [3.63, 3.8) is 0 Å². The molecule has 0 radical (unpaired) electrons. The molecule has 0 aromatic heterocycles. The first-order valence-corrected chi connectivity index (χ1v) is 8.28. The van der Waals surface area contributed by atoms with Gasteiger partial charge in [0, 0.05) is 13.1 Å². The Labute approximate surface area is 136 Å². The Morgan fingerprint density at radius 3 is 2.68 bits per heavy atom. The molecule has 1 saturated carbocycles. The van der Waals surface area contributed by atoms with Crippen LogP contribution in [0.5, 0.6) is 5.75 Å². The molecular formula is C17H22ClNO3. The zero-order valence-corrected chi connectivity index (χ0v) is 13.6. The number of hydrogen-bond donors (Lipinski definition) is 1. The van der Waals surface area contributed by atoms with E-state index in [1.165, 1.54) is 0 Å². The van der Waals surface area contributed by atoms with E-state index in [0.29, 0.717) is 23.6 Å². The zero-order valence-electron chi connectivity index (χ0n) is 12.8. The van der Waals surface area contributed by atoms with E-state index in [1.54, 1.807) is 6.07 Å². The summed E-state index contributed by atoms with van der Waals surface area (Å²) in [7, 11) is 2.07. The first-order valence-electron chi connectivity index (χ1n) is 7.90. The van der Waals surface area contributed by atoms with Gasteiger partial charge < -0.3 is 14.7 Å². The number of ether oxygens (including phenoxy) is 1. The molecular weight excluding hydrogens is 302 g/mol. The summed E-state index contributed by atoms with van der Waals surface area (Å²) in [6.07, 6.45) is 4.44. The smallest absolute Gasteiger partial charge is 0.314 e. The Bertz CT molecular complexity index is 569. The van der Waals surface area contributed by atoms with Gasteiger partial charge in [0.15, 0.2) is 0 Å². The normalized spacial score (nSPS) is 24.5. The number of carboxylic acid groups (broad SMARTS) is 1. The van der Waals surface area contributed by atoms with Crippen molar-refractivity contribution in [2.24, 2.45) is 0 Å². The fourth-order valence-electron chi connectivity index (χ4n) is 3.67. The highest BCUT2D eigenvalue weighted by atomic mass is 35.5. The van der Waals surface area contributed by atoms with Crippen LogP contribution in [0.1, 0.15) is 37.7 Å². The van der Waals surface area contributed by atoms with Crippen LogP contribution in [0.25, 0.3) is 0 Å². The van der Waals surface area contributed by atoms with Crippen molar-refractivity contribution >= 4 is 17.6 Å². The van der Waals surface area contributed by atoms with Gasteiger partial charge in [-0.15, -0.1) is 0 Å². The standard InChI is InChI=1S/C17H22ClNO3/c1-19-9-6-13(11-19)22-15-5-4-12(10-14(15)18)17(16(20)21)7-2-3-8-17/h4-5,10,13H,2-3,6-9,11H2,1H3,(H,20,21). The van der Waals surface area contributed by atoms with Crippen molar-refractivity contribution in [3.8, 4) is 5.75 Å². The number of carbonyl (C=O) groups is 1. The molecule has 5 heteroatoms. The molecule has 1 aliphatic carbocycles. The van der Waals surface area contributed by atoms with Crippen LogP contribution < -0.4 is 4.74 Å². The summed E-state index contributed by atoms with van der Waals surface area (Å²) < 4.78 is 5.97. The molecule has 120 valence electrons. The largest absolute Gasteiger partial charge is 0.487 e. The molecule has 1 N–H and O–H groups in total. The van der Waals surface area contributed by atoms with Gasteiger partial charge in [0.2, 0.25) is 0 Å². The Hall–Kier alpha value is -1.26. The molecule has 0 bridgehead atoms. The minimum absolute atomic E-state index is 0.160. The first-order chi connectivity index (χ1) is 10.5. The topological polar surface area (TPSA) is 49.8 Å². The lowest BCUT2D eigenvalue weighted by atomic mass is 9.79. The van der Waals surface area contributed by atoms with Crippen molar-refractivity contribution < 1.29 is 14.6 Å². The lowest BCUT2D eigenvalue weighted by Crippen LogP contribution is -2.32. The third-order valence-corrected chi connectivity index (χ3v) is 5.29. The molecule has 1 unspecified atom stereocenters. The van der Waals surface area contributed by atoms with Crippen LogP contribution in [-0.4, -0.2) is 42.2 Å². The minimum atomic E-state index is -0.768. The summed E-state index contributed by atoms with van der Waals surface area (Å²) >= 11 is 6.36. The van der Waals surface area contributed by atoms with E-state index in [-0.39, 0.29) is 6.10 Å². The number of likely N-dealkylation sites (N-methyl/N-ethyl adjacent to an activating group) is 1. The van der Waals surface area contributed by atoms with E-state index in [1.807, 2.05) is 12.1 Å². The minimum Gasteiger partial charge on any atom is -0.487 e. The van der Waals surface area contributed by atoms with Crippen molar-refractivity contribution in [2.45, 2.75) is 43.6 Å². The average molecular weight is 324 g/mol. The molecule has 4 nitrogen and oxygen atoms in total. The Balaban J connectivity index is 1.81. The molecule has 2 aliphatic rings. The SMILES string of the molecule is CN1CCC(Oc2ccc(C3(C(=O)O)CCCC3)cc2Cl)C1. The number of rotatable bonds is 4. The molecule has 1 heterocycles. The Morgan fingerprint density at radius 1 is 1.41 bits per heavy atom. The number of aliphatic carboxylic acids is 1. The fraction of sp³-hybridized carbons (Fsp3) is 0.588. The maximum absolute atomic E-state index is 11.8. The average Bonchev–Trinajstić information content (AvgIpc) is 3.11. The van der Waals surface area contributed by atoms with E-state index in [4.69, 9.17) is 16.3 Å². The number of halogens is 1. The first kappa shape index (κ1) is 15.6. The van der Waals surface area contributed by atoms with Gasteiger partial charge >= 0.3 is 5.97 Å². The van der Waals surface area contributed by atoms with Gasteiger partial charge in [-0.3, -0.25) is 4.79 Å². The van der Waals surface area contributed by atoms with Crippen LogP contribution in [0.2, 0.25) is 5.02 Å². The van der Waals surface area contributed by atoms with Gasteiger partial charge in [-0.1, -0.05) is 30.5 Å². The third kappa shape index (κ3) is 2.82. The third-order valence-electron chi connectivity index (χ3n) is 4.99. The van der Waals surface area contributed by atoms with Crippen LogP contribution in [0, 0.1) is 0 Å². The highest BCUT2D eigenvalue weighted by Crippen LogP contribution is 2.43. The van der Waals surface area contributed by atoms with Crippen LogP contribution in [0.3, 0.4) is 0 Å². The van der Waals surface area contributed by atoms with Gasteiger partial charge in [-0.25, -0.2) is 0 Å². The quantitative estimate of drug-likeness (QED) is 0.923. The molecule has 1 aromatic carbocycles. The van der Waals surface area contributed by atoms with Gasteiger partial charge in [0.25, 0.3) is 0 Å². The van der Waals surface area contributed by atoms with E-state index in [9.17, 15) is 9.90 Å². The maximum Gasteiger partial charge on any atom is 0.314 e. The highest BCUT2D eigenvalue weighted by molar-refractivity contribution is 6.32.